The van der Waals surface area contributed by atoms with E-state index in [9.17, 15) is 14.0 Å². The van der Waals surface area contributed by atoms with E-state index in [0.29, 0.717) is 37.6 Å². The van der Waals surface area contributed by atoms with E-state index in [1.165, 1.54) is 30.3 Å². The lowest BCUT2D eigenvalue weighted by Crippen LogP contribution is -2.35. The molecule has 0 radical (unpaired) electrons. The molecule has 1 aliphatic heterocycles. The molecule has 0 spiro atoms. The summed E-state index contributed by atoms with van der Waals surface area (Å²) >= 11 is 0. The summed E-state index contributed by atoms with van der Waals surface area (Å²) in [6.45, 7) is 2.33. The van der Waals surface area contributed by atoms with Gasteiger partial charge in [-0.15, -0.1) is 0 Å². The quantitative estimate of drug-likeness (QED) is 0.925. The zero-order valence-electron chi connectivity index (χ0n) is 13.6. The zero-order valence-corrected chi connectivity index (χ0v) is 13.6. The second-order valence-electron chi connectivity index (χ2n) is 5.83. The van der Waals surface area contributed by atoms with E-state index in [4.69, 9.17) is 5.11 Å². The summed E-state index contributed by atoms with van der Waals surface area (Å²) in [6.07, 6.45) is 0.742. The fraction of sp³-hybridized carbons (Fsp3) is 0.278. The fourth-order valence-electron chi connectivity index (χ4n) is 2.84. The van der Waals surface area contributed by atoms with Crippen LogP contribution in [0.3, 0.4) is 0 Å². The van der Waals surface area contributed by atoms with Crippen LogP contribution in [0, 0.1) is 5.82 Å². The Bertz CT molecular complexity index is 779. The number of benzene rings is 1. The number of anilines is 1. The number of carboxylic acids is 1. The van der Waals surface area contributed by atoms with Crippen molar-refractivity contribution in [2.45, 2.75) is 6.42 Å². The third-order valence-corrected chi connectivity index (χ3v) is 4.15. The van der Waals surface area contributed by atoms with Crippen LogP contribution in [0.4, 0.5) is 10.2 Å². The second-order valence-corrected chi connectivity index (χ2v) is 5.83. The molecule has 0 aliphatic carbocycles. The smallest absolute Gasteiger partial charge is 0.354 e. The SMILES string of the molecule is O=C(O)c1cccc(N2CCCN(C(=O)c3ccc(F)cc3)CC2)n1. The number of nitrogens with zero attached hydrogens (tertiary/aromatic N) is 3. The van der Waals surface area contributed by atoms with E-state index in [1.807, 2.05) is 4.90 Å². The summed E-state index contributed by atoms with van der Waals surface area (Å²) in [5, 5.41) is 9.06. The molecule has 7 heteroatoms. The van der Waals surface area contributed by atoms with Gasteiger partial charge in [-0.3, -0.25) is 4.79 Å². The van der Waals surface area contributed by atoms with E-state index >= 15 is 0 Å². The van der Waals surface area contributed by atoms with Gasteiger partial charge in [-0.1, -0.05) is 6.07 Å². The molecule has 6 nitrogen and oxygen atoms in total. The van der Waals surface area contributed by atoms with Gasteiger partial charge >= 0.3 is 5.97 Å². The molecule has 1 amide bonds. The molecule has 1 N–H and O–H groups in total. The molecule has 2 aromatic rings. The second kappa shape index (κ2) is 7.29. The molecule has 130 valence electrons. The van der Waals surface area contributed by atoms with Gasteiger partial charge in [0.1, 0.15) is 11.6 Å². The lowest BCUT2D eigenvalue weighted by Gasteiger charge is -2.23. The maximum atomic E-state index is 13.0. The third-order valence-electron chi connectivity index (χ3n) is 4.15. The average molecular weight is 343 g/mol. The molecule has 2 heterocycles. The molecule has 0 bridgehead atoms. The highest BCUT2D eigenvalue weighted by Gasteiger charge is 2.21. The van der Waals surface area contributed by atoms with Crippen molar-refractivity contribution in [1.29, 1.82) is 0 Å². The van der Waals surface area contributed by atoms with Crippen LogP contribution in [0.15, 0.2) is 42.5 Å². The molecule has 1 fully saturated rings. The van der Waals surface area contributed by atoms with Crippen LogP contribution in [-0.4, -0.2) is 53.0 Å². The van der Waals surface area contributed by atoms with Crippen molar-refractivity contribution in [3.63, 3.8) is 0 Å². The van der Waals surface area contributed by atoms with Gasteiger partial charge in [0.05, 0.1) is 0 Å². The van der Waals surface area contributed by atoms with E-state index in [1.54, 1.807) is 17.0 Å². The van der Waals surface area contributed by atoms with Crippen LogP contribution in [0.2, 0.25) is 0 Å². The Labute approximate surface area is 144 Å². The summed E-state index contributed by atoms with van der Waals surface area (Å²) in [5.74, 6) is -0.974. The van der Waals surface area contributed by atoms with Gasteiger partial charge in [0, 0.05) is 31.7 Å². The molecule has 0 atom stereocenters. The Kier molecular flexibility index (Phi) is 4.92. The summed E-state index contributed by atoms with van der Waals surface area (Å²) in [4.78, 5) is 31.5. The standard InChI is InChI=1S/C18H18FN3O3/c19-14-7-5-13(6-8-14)17(23)22-10-2-9-21(11-12-22)16-4-1-3-15(20-16)18(24)25/h1,3-8H,2,9-12H2,(H,24,25). The molecule has 1 saturated heterocycles. The minimum Gasteiger partial charge on any atom is -0.477 e. The lowest BCUT2D eigenvalue weighted by molar-refractivity contribution is 0.0689. The largest absolute Gasteiger partial charge is 0.477 e. The maximum Gasteiger partial charge on any atom is 0.354 e. The fourth-order valence-corrected chi connectivity index (χ4v) is 2.84. The van der Waals surface area contributed by atoms with Crippen LogP contribution >= 0.6 is 0 Å². The Balaban J connectivity index is 1.70. The van der Waals surface area contributed by atoms with Crippen molar-refractivity contribution in [2.75, 3.05) is 31.1 Å². The number of pyridine rings is 1. The highest BCUT2D eigenvalue weighted by Crippen LogP contribution is 2.16. The number of aromatic nitrogens is 1. The number of rotatable bonds is 3. The molecule has 25 heavy (non-hydrogen) atoms. The summed E-state index contributed by atoms with van der Waals surface area (Å²) in [6, 6.07) is 10.4. The Morgan fingerprint density at radius 3 is 2.48 bits per heavy atom. The van der Waals surface area contributed by atoms with E-state index in [0.717, 1.165) is 6.42 Å². The van der Waals surface area contributed by atoms with Gasteiger partial charge in [-0.25, -0.2) is 14.2 Å². The highest BCUT2D eigenvalue weighted by atomic mass is 19.1. The molecular weight excluding hydrogens is 325 g/mol. The van der Waals surface area contributed by atoms with Crippen molar-refractivity contribution in [3.8, 4) is 0 Å². The van der Waals surface area contributed by atoms with E-state index in [2.05, 4.69) is 4.98 Å². The van der Waals surface area contributed by atoms with E-state index in [-0.39, 0.29) is 17.4 Å². The van der Waals surface area contributed by atoms with Crippen LogP contribution in [-0.2, 0) is 0 Å². The first kappa shape index (κ1) is 16.9. The van der Waals surface area contributed by atoms with Gasteiger partial charge in [-0.05, 0) is 42.8 Å². The van der Waals surface area contributed by atoms with Crippen molar-refractivity contribution in [2.24, 2.45) is 0 Å². The Morgan fingerprint density at radius 1 is 1.00 bits per heavy atom. The predicted molar refractivity (Wildman–Crippen MR) is 90.3 cm³/mol. The minimum atomic E-state index is -1.07. The van der Waals surface area contributed by atoms with Crippen LogP contribution in [0.25, 0.3) is 0 Å². The summed E-state index contributed by atoms with van der Waals surface area (Å²) in [5.41, 5.74) is 0.460. The van der Waals surface area contributed by atoms with Gasteiger partial charge < -0.3 is 14.9 Å². The van der Waals surface area contributed by atoms with Crippen molar-refractivity contribution >= 4 is 17.7 Å². The number of hydrogen-bond donors (Lipinski definition) is 1. The average Bonchev–Trinajstić information content (AvgIpc) is 2.88. The van der Waals surface area contributed by atoms with Crippen molar-refractivity contribution in [1.82, 2.24) is 9.88 Å². The normalized spacial score (nSPS) is 14.9. The third kappa shape index (κ3) is 3.93. The Hall–Kier alpha value is -2.96. The van der Waals surface area contributed by atoms with E-state index < -0.39 is 5.97 Å². The van der Waals surface area contributed by atoms with Gasteiger partial charge in [-0.2, -0.15) is 0 Å². The predicted octanol–water partition coefficient (Wildman–Crippen LogP) is 2.27. The number of amides is 1. The number of hydrogen-bond acceptors (Lipinski definition) is 4. The first-order valence-electron chi connectivity index (χ1n) is 8.05. The first-order chi connectivity index (χ1) is 12.0. The number of carbonyl (C=O) groups excluding carboxylic acids is 1. The minimum absolute atomic E-state index is 0.000918. The van der Waals surface area contributed by atoms with Crippen LogP contribution in [0.5, 0.6) is 0 Å². The molecule has 3 rings (SSSR count). The number of aromatic carboxylic acids is 1. The molecule has 1 aromatic heterocycles. The molecule has 0 unspecified atom stereocenters. The first-order valence-corrected chi connectivity index (χ1v) is 8.05. The highest BCUT2D eigenvalue weighted by molar-refractivity contribution is 5.94. The molecule has 0 saturated carbocycles. The van der Waals surface area contributed by atoms with Crippen LogP contribution < -0.4 is 4.90 Å². The zero-order chi connectivity index (χ0) is 17.8. The number of halogens is 1. The number of carbonyl (C=O) groups is 2. The Morgan fingerprint density at radius 2 is 1.76 bits per heavy atom. The van der Waals surface area contributed by atoms with Crippen molar-refractivity contribution < 1.29 is 19.1 Å². The lowest BCUT2D eigenvalue weighted by atomic mass is 10.2. The van der Waals surface area contributed by atoms with Gasteiger partial charge in [0.25, 0.3) is 5.91 Å². The molecule has 1 aromatic carbocycles. The van der Waals surface area contributed by atoms with Gasteiger partial charge in [0.2, 0.25) is 0 Å². The summed E-state index contributed by atoms with van der Waals surface area (Å²) < 4.78 is 13.0. The monoisotopic (exact) mass is 343 g/mol. The number of carboxylic acid groups (broad SMARTS) is 1. The van der Waals surface area contributed by atoms with Crippen molar-refractivity contribution in [3.05, 3.63) is 59.5 Å². The molecular formula is C18H18FN3O3. The van der Waals surface area contributed by atoms with Crippen LogP contribution in [0.1, 0.15) is 27.3 Å². The topological polar surface area (TPSA) is 73.7 Å². The molecule has 1 aliphatic rings. The summed E-state index contributed by atoms with van der Waals surface area (Å²) in [7, 11) is 0. The maximum absolute atomic E-state index is 13.0. The van der Waals surface area contributed by atoms with Gasteiger partial charge in [0.15, 0.2) is 5.69 Å².